The van der Waals surface area contributed by atoms with Gasteiger partial charge in [0.15, 0.2) is 0 Å². The van der Waals surface area contributed by atoms with Crippen molar-refractivity contribution in [3.63, 3.8) is 0 Å². The number of unbranched alkanes of at least 4 members (excludes halogenated alkanes) is 1. The van der Waals surface area contributed by atoms with Crippen LogP contribution in [0.3, 0.4) is 0 Å². The van der Waals surface area contributed by atoms with Crippen LogP contribution in [0.25, 0.3) is 0 Å². The molecule has 0 radical (unpaired) electrons. The number of carbonyl (C=O) groups is 1. The molecule has 3 N–H and O–H groups in total. The molecule has 1 amide bonds. The molecule has 1 heterocycles. The third-order valence-corrected chi connectivity index (χ3v) is 3.30. The minimum absolute atomic E-state index is 0.0485. The molecule has 0 aromatic carbocycles. The van der Waals surface area contributed by atoms with Crippen molar-refractivity contribution in [2.75, 3.05) is 26.4 Å². The lowest BCUT2D eigenvalue weighted by Gasteiger charge is -2.12. The molecule has 1 saturated heterocycles. The largest absolute Gasteiger partial charge is 0.379 e. The summed E-state index contributed by atoms with van der Waals surface area (Å²) in [5.41, 5.74) is 5.77. The van der Waals surface area contributed by atoms with Gasteiger partial charge in [-0.25, -0.2) is 0 Å². The predicted molar refractivity (Wildman–Crippen MR) is 74.9 cm³/mol. The first-order valence-electron chi connectivity index (χ1n) is 7.46. The van der Waals surface area contributed by atoms with E-state index in [1.54, 1.807) is 0 Å². The van der Waals surface area contributed by atoms with Crippen molar-refractivity contribution in [2.24, 2.45) is 5.73 Å². The van der Waals surface area contributed by atoms with Gasteiger partial charge in [0.2, 0.25) is 5.91 Å². The minimum Gasteiger partial charge on any atom is -0.379 e. The Labute approximate surface area is 116 Å². The van der Waals surface area contributed by atoms with Crippen LogP contribution in [0.5, 0.6) is 0 Å². The maximum Gasteiger partial charge on any atom is 0.236 e. The van der Waals surface area contributed by atoms with Crippen LogP contribution in [0.4, 0.5) is 0 Å². The number of nitrogens with two attached hydrogens (primary N) is 1. The Morgan fingerprint density at radius 1 is 1.53 bits per heavy atom. The molecule has 1 rings (SSSR count). The molecule has 0 aromatic rings. The van der Waals surface area contributed by atoms with E-state index in [9.17, 15) is 4.79 Å². The Balaban J connectivity index is 1.90. The van der Waals surface area contributed by atoms with E-state index in [-0.39, 0.29) is 18.1 Å². The molecule has 1 fully saturated rings. The summed E-state index contributed by atoms with van der Waals surface area (Å²) in [5.74, 6) is -0.0485. The SMILES string of the molecule is CCCC[C@H](N)C(=O)NCCCOCC1CCCO1. The molecule has 0 saturated carbocycles. The quantitative estimate of drug-likeness (QED) is 0.586. The summed E-state index contributed by atoms with van der Waals surface area (Å²) in [5, 5.41) is 2.84. The summed E-state index contributed by atoms with van der Waals surface area (Å²) < 4.78 is 11.0. The van der Waals surface area contributed by atoms with E-state index in [1.165, 1.54) is 0 Å². The van der Waals surface area contributed by atoms with Gasteiger partial charge < -0.3 is 20.5 Å². The highest BCUT2D eigenvalue weighted by molar-refractivity contribution is 5.81. The maximum atomic E-state index is 11.6. The van der Waals surface area contributed by atoms with Crippen LogP contribution in [-0.4, -0.2) is 44.4 Å². The lowest BCUT2D eigenvalue weighted by molar-refractivity contribution is -0.122. The van der Waals surface area contributed by atoms with Crippen LogP contribution in [0.15, 0.2) is 0 Å². The summed E-state index contributed by atoms with van der Waals surface area (Å²) in [4.78, 5) is 11.6. The minimum atomic E-state index is -0.368. The van der Waals surface area contributed by atoms with E-state index in [2.05, 4.69) is 12.2 Å². The van der Waals surface area contributed by atoms with Gasteiger partial charge in [0.25, 0.3) is 0 Å². The van der Waals surface area contributed by atoms with Crippen molar-refractivity contribution in [1.82, 2.24) is 5.32 Å². The molecular weight excluding hydrogens is 244 g/mol. The summed E-state index contributed by atoms with van der Waals surface area (Å²) in [6.45, 7) is 4.91. The number of amides is 1. The van der Waals surface area contributed by atoms with Gasteiger partial charge in [-0.1, -0.05) is 19.8 Å². The van der Waals surface area contributed by atoms with Crippen LogP contribution < -0.4 is 11.1 Å². The standard InChI is InChI=1S/C14H28N2O3/c1-2-3-7-13(15)14(17)16-8-5-9-18-11-12-6-4-10-19-12/h12-13H,2-11,15H2,1H3,(H,16,17)/t12?,13-/m0/s1. The second kappa shape index (κ2) is 10.2. The second-order valence-electron chi connectivity index (χ2n) is 5.10. The molecule has 0 spiro atoms. The smallest absolute Gasteiger partial charge is 0.236 e. The Hall–Kier alpha value is -0.650. The van der Waals surface area contributed by atoms with Gasteiger partial charge in [-0.2, -0.15) is 0 Å². The molecule has 2 atom stereocenters. The number of hydrogen-bond donors (Lipinski definition) is 2. The monoisotopic (exact) mass is 272 g/mol. The van der Waals surface area contributed by atoms with E-state index in [0.717, 1.165) is 45.1 Å². The summed E-state index contributed by atoms with van der Waals surface area (Å²) >= 11 is 0. The topological polar surface area (TPSA) is 73.6 Å². The average Bonchev–Trinajstić information content (AvgIpc) is 2.92. The van der Waals surface area contributed by atoms with Gasteiger partial charge in [0.05, 0.1) is 18.8 Å². The molecule has 1 aliphatic heterocycles. The first kappa shape index (κ1) is 16.4. The molecule has 0 aromatic heterocycles. The van der Waals surface area contributed by atoms with Gasteiger partial charge >= 0.3 is 0 Å². The Kier molecular flexibility index (Phi) is 8.79. The van der Waals surface area contributed by atoms with Crippen LogP contribution in [0.2, 0.25) is 0 Å². The summed E-state index contributed by atoms with van der Waals surface area (Å²) in [6, 6.07) is -0.368. The molecule has 0 aliphatic carbocycles. The molecule has 1 aliphatic rings. The highest BCUT2D eigenvalue weighted by Crippen LogP contribution is 2.11. The van der Waals surface area contributed by atoms with Crippen molar-refractivity contribution in [2.45, 2.75) is 57.6 Å². The highest BCUT2D eigenvalue weighted by Gasteiger charge is 2.15. The first-order valence-corrected chi connectivity index (χ1v) is 7.46. The lowest BCUT2D eigenvalue weighted by atomic mass is 10.1. The summed E-state index contributed by atoms with van der Waals surface area (Å²) in [6.07, 6.45) is 6.16. The molecule has 112 valence electrons. The van der Waals surface area contributed by atoms with E-state index in [0.29, 0.717) is 19.8 Å². The van der Waals surface area contributed by atoms with Crippen LogP contribution >= 0.6 is 0 Å². The zero-order valence-electron chi connectivity index (χ0n) is 12.0. The van der Waals surface area contributed by atoms with Crippen LogP contribution in [0, 0.1) is 0 Å². The normalized spacial score (nSPS) is 20.4. The van der Waals surface area contributed by atoms with Gasteiger partial charge in [0.1, 0.15) is 0 Å². The third kappa shape index (κ3) is 7.50. The molecule has 5 nitrogen and oxygen atoms in total. The molecule has 0 bridgehead atoms. The van der Waals surface area contributed by atoms with Crippen molar-refractivity contribution in [3.05, 3.63) is 0 Å². The van der Waals surface area contributed by atoms with E-state index in [4.69, 9.17) is 15.2 Å². The Bertz CT molecular complexity index is 243. The molecule has 19 heavy (non-hydrogen) atoms. The zero-order chi connectivity index (χ0) is 13.9. The Morgan fingerprint density at radius 2 is 2.37 bits per heavy atom. The number of carbonyl (C=O) groups excluding carboxylic acids is 1. The molecular formula is C14H28N2O3. The molecule has 1 unspecified atom stereocenters. The van der Waals surface area contributed by atoms with Crippen molar-refractivity contribution >= 4 is 5.91 Å². The lowest BCUT2D eigenvalue weighted by Crippen LogP contribution is -2.41. The van der Waals surface area contributed by atoms with E-state index < -0.39 is 0 Å². The van der Waals surface area contributed by atoms with Crippen molar-refractivity contribution < 1.29 is 14.3 Å². The summed E-state index contributed by atoms with van der Waals surface area (Å²) in [7, 11) is 0. The fourth-order valence-corrected chi connectivity index (χ4v) is 2.06. The van der Waals surface area contributed by atoms with Crippen molar-refractivity contribution in [3.8, 4) is 0 Å². The zero-order valence-corrected chi connectivity index (χ0v) is 12.0. The second-order valence-corrected chi connectivity index (χ2v) is 5.10. The fraction of sp³-hybridized carbons (Fsp3) is 0.929. The first-order chi connectivity index (χ1) is 9.24. The Morgan fingerprint density at radius 3 is 3.05 bits per heavy atom. The number of hydrogen-bond acceptors (Lipinski definition) is 4. The number of nitrogens with one attached hydrogen (secondary N) is 1. The van der Waals surface area contributed by atoms with Gasteiger partial charge in [-0.05, 0) is 25.7 Å². The average molecular weight is 272 g/mol. The fourth-order valence-electron chi connectivity index (χ4n) is 2.06. The van der Waals surface area contributed by atoms with E-state index >= 15 is 0 Å². The van der Waals surface area contributed by atoms with E-state index in [1.807, 2.05) is 0 Å². The number of ether oxygens (including phenoxy) is 2. The van der Waals surface area contributed by atoms with Crippen LogP contribution in [0.1, 0.15) is 45.4 Å². The predicted octanol–water partition coefficient (Wildman–Crippen LogP) is 1.21. The maximum absolute atomic E-state index is 11.6. The van der Waals surface area contributed by atoms with Gasteiger partial charge in [-0.15, -0.1) is 0 Å². The molecule has 5 heteroatoms. The highest BCUT2D eigenvalue weighted by atomic mass is 16.5. The third-order valence-electron chi connectivity index (χ3n) is 3.30. The van der Waals surface area contributed by atoms with Crippen LogP contribution in [-0.2, 0) is 14.3 Å². The van der Waals surface area contributed by atoms with Gasteiger partial charge in [-0.3, -0.25) is 4.79 Å². The van der Waals surface area contributed by atoms with Crippen molar-refractivity contribution in [1.29, 1.82) is 0 Å². The van der Waals surface area contributed by atoms with Gasteiger partial charge in [0, 0.05) is 19.8 Å². The number of rotatable bonds is 10.